The highest BCUT2D eigenvalue weighted by Crippen LogP contribution is 2.27. The largest absolute Gasteiger partial charge is 0.391 e. The Bertz CT molecular complexity index is 1100. The zero-order valence-corrected chi connectivity index (χ0v) is 18.7. The minimum atomic E-state index is -1.46. The maximum atomic E-state index is 14.0. The first-order valence-electron chi connectivity index (χ1n) is 10.9. The van der Waals surface area contributed by atoms with E-state index in [1.54, 1.807) is 42.5 Å². The number of nitrogens with zero attached hydrogens (tertiary/aromatic N) is 2. The van der Waals surface area contributed by atoms with E-state index in [0.29, 0.717) is 16.6 Å². The zero-order valence-electron chi connectivity index (χ0n) is 18.7. The number of halogens is 1. The summed E-state index contributed by atoms with van der Waals surface area (Å²) in [5.41, 5.74) is 6.05. The van der Waals surface area contributed by atoms with E-state index in [-0.39, 0.29) is 25.0 Å². The maximum Gasteiger partial charge on any atom is 0.272 e. The molecule has 33 heavy (non-hydrogen) atoms. The summed E-state index contributed by atoms with van der Waals surface area (Å²) in [4.78, 5) is 33.6. The molecule has 0 aliphatic rings. The van der Waals surface area contributed by atoms with Gasteiger partial charge in [-0.25, -0.2) is 9.37 Å². The van der Waals surface area contributed by atoms with Gasteiger partial charge in [0.05, 0.1) is 29.4 Å². The molecule has 0 unspecified atom stereocenters. The Morgan fingerprint density at radius 2 is 1.73 bits per heavy atom. The van der Waals surface area contributed by atoms with Gasteiger partial charge in [-0.15, -0.1) is 0 Å². The topological polar surface area (TPSA) is 118 Å². The molecule has 0 aliphatic carbocycles. The van der Waals surface area contributed by atoms with Crippen LogP contribution in [0.4, 0.5) is 4.39 Å². The number of aromatic nitrogens is 2. The van der Waals surface area contributed by atoms with Crippen LogP contribution >= 0.6 is 0 Å². The lowest BCUT2D eigenvalue weighted by molar-refractivity contribution is -0.123. The SMILES string of the molecule is CC(C)(F)CC[C@H](C[C@H](O)[C@@H](NC(=O)c1cnc2ccccc2n1)c1ccccc1)C(N)=O. The zero-order chi connectivity index (χ0) is 24.0. The molecule has 0 saturated carbocycles. The van der Waals surface area contributed by atoms with E-state index in [1.807, 2.05) is 12.1 Å². The lowest BCUT2D eigenvalue weighted by Gasteiger charge is -2.27. The quantitative estimate of drug-likeness (QED) is 0.435. The first-order chi connectivity index (χ1) is 15.6. The van der Waals surface area contributed by atoms with Gasteiger partial charge < -0.3 is 16.2 Å². The Hall–Kier alpha value is -3.39. The van der Waals surface area contributed by atoms with E-state index < -0.39 is 35.5 Å². The highest BCUT2D eigenvalue weighted by Gasteiger charge is 2.30. The molecule has 4 N–H and O–H groups in total. The number of nitrogens with one attached hydrogen (secondary N) is 1. The molecule has 0 radical (unpaired) electrons. The van der Waals surface area contributed by atoms with E-state index in [4.69, 9.17) is 5.73 Å². The summed E-state index contributed by atoms with van der Waals surface area (Å²) in [5.74, 6) is -1.86. The van der Waals surface area contributed by atoms with Crippen molar-refractivity contribution in [1.29, 1.82) is 0 Å². The standard InChI is InChI=1S/C25H29FN4O3/c1-25(2,26)13-12-17(23(27)32)14-21(31)22(16-8-4-3-5-9-16)30-24(33)20-15-28-18-10-6-7-11-19(18)29-20/h3-11,15,17,21-22,31H,12-14H2,1-2H3,(H2,27,32)(H,30,33)/t17-,21+,22+/m1/s1. The summed E-state index contributed by atoms with van der Waals surface area (Å²) >= 11 is 0. The van der Waals surface area contributed by atoms with Crippen molar-refractivity contribution in [2.24, 2.45) is 11.7 Å². The maximum absolute atomic E-state index is 14.0. The predicted octanol–water partition coefficient (Wildman–Crippen LogP) is 3.48. The van der Waals surface area contributed by atoms with Crippen molar-refractivity contribution in [3.05, 3.63) is 72.1 Å². The van der Waals surface area contributed by atoms with Gasteiger partial charge in [-0.2, -0.15) is 0 Å². The number of hydrogen-bond acceptors (Lipinski definition) is 5. The number of benzene rings is 2. The summed E-state index contributed by atoms with van der Waals surface area (Å²) in [5, 5.41) is 13.8. The Kier molecular flexibility index (Phi) is 7.71. The third kappa shape index (κ3) is 6.79. The van der Waals surface area contributed by atoms with Gasteiger partial charge in [0.25, 0.3) is 5.91 Å². The van der Waals surface area contributed by atoms with Crippen molar-refractivity contribution in [2.75, 3.05) is 0 Å². The molecule has 7 nitrogen and oxygen atoms in total. The van der Waals surface area contributed by atoms with E-state index in [9.17, 15) is 19.1 Å². The number of nitrogens with two attached hydrogens (primary N) is 1. The van der Waals surface area contributed by atoms with Gasteiger partial charge in [-0.05, 0) is 50.8 Å². The van der Waals surface area contributed by atoms with Gasteiger partial charge in [0, 0.05) is 5.92 Å². The molecule has 3 rings (SSSR count). The number of para-hydroxylation sites is 2. The Morgan fingerprint density at radius 3 is 2.36 bits per heavy atom. The number of carbonyl (C=O) groups excluding carboxylic acids is 2. The van der Waals surface area contributed by atoms with Crippen LogP contribution < -0.4 is 11.1 Å². The highest BCUT2D eigenvalue weighted by atomic mass is 19.1. The second-order valence-corrected chi connectivity index (χ2v) is 8.77. The van der Waals surface area contributed by atoms with Crippen LogP contribution in [-0.2, 0) is 4.79 Å². The number of carbonyl (C=O) groups is 2. The number of primary amides is 1. The molecular weight excluding hydrogens is 423 g/mol. The van der Waals surface area contributed by atoms with Crippen LogP contribution in [-0.4, -0.2) is 38.7 Å². The number of alkyl halides is 1. The van der Waals surface area contributed by atoms with Crippen molar-refractivity contribution in [1.82, 2.24) is 15.3 Å². The molecule has 2 amide bonds. The summed E-state index contributed by atoms with van der Waals surface area (Å²) < 4.78 is 14.0. The molecule has 0 saturated heterocycles. The number of rotatable bonds is 10. The van der Waals surface area contributed by atoms with E-state index >= 15 is 0 Å². The molecule has 3 aromatic rings. The number of aliphatic hydroxyl groups excluding tert-OH is 1. The summed E-state index contributed by atoms with van der Waals surface area (Å²) in [6.07, 6.45) is 0.546. The van der Waals surface area contributed by atoms with Crippen LogP contribution in [0.5, 0.6) is 0 Å². The van der Waals surface area contributed by atoms with Crippen molar-refractivity contribution in [3.8, 4) is 0 Å². The number of hydrogen-bond donors (Lipinski definition) is 3. The fourth-order valence-electron chi connectivity index (χ4n) is 3.67. The minimum Gasteiger partial charge on any atom is -0.391 e. The predicted molar refractivity (Wildman–Crippen MR) is 124 cm³/mol. The molecule has 174 valence electrons. The van der Waals surface area contributed by atoms with Crippen LogP contribution in [0.15, 0.2) is 60.8 Å². The average Bonchev–Trinajstić information content (AvgIpc) is 2.79. The molecule has 2 aromatic carbocycles. The van der Waals surface area contributed by atoms with Crippen LogP contribution in [0.3, 0.4) is 0 Å². The third-order valence-electron chi connectivity index (χ3n) is 5.53. The highest BCUT2D eigenvalue weighted by molar-refractivity contribution is 5.94. The fraction of sp³-hybridized carbons (Fsp3) is 0.360. The molecule has 1 aromatic heterocycles. The Balaban J connectivity index is 1.81. The Morgan fingerprint density at radius 1 is 1.09 bits per heavy atom. The van der Waals surface area contributed by atoms with Crippen molar-refractivity contribution < 1.29 is 19.1 Å². The van der Waals surface area contributed by atoms with Crippen LogP contribution in [0, 0.1) is 5.92 Å². The van der Waals surface area contributed by atoms with Gasteiger partial charge in [0.1, 0.15) is 11.4 Å². The minimum absolute atomic E-state index is 0.0192. The molecule has 8 heteroatoms. The van der Waals surface area contributed by atoms with Gasteiger partial charge in [-0.3, -0.25) is 14.6 Å². The molecule has 0 bridgehead atoms. The summed E-state index contributed by atoms with van der Waals surface area (Å²) in [6.45, 7) is 2.86. The van der Waals surface area contributed by atoms with Crippen LogP contribution in [0.2, 0.25) is 0 Å². The molecule has 0 aliphatic heterocycles. The number of fused-ring (bicyclic) bond motifs is 1. The van der Waals surface area contributed by atoms with Crippen molar-refractivity contribution in [2.45, 2.75) is 50.9 Å². The van der Waals surface area contributed by atoms with Crippen molar-refractivity contribution in [3.63, 3.8) is 0 Å². The monoisotopic (exact) mass is 452 g/mol. The molecule has 0 spiro atoms. The molecule has 3 atom stereocenters. The van der Waals surface area contributed by atoms with E-state index in [2.05, 4.69) is 15.3 Å². The second kappa shape index (κ2) is 10.5. The Labute approximate surface area is 192 Å². The second-order valence-electron chi connectivity index (χ2n) is 8.77. The van der Waals surface area contributed by atoms with Crippen molar-refractivity contribution >= 4 is 22.8 Å². The molecule has 0 fully saturated rings. The van der Waals surface area contributed by atoms with Gasteiger partial charge in [-0.1, -0.05) is 42.5 Å². The van der Waals surface area contributed by atoms with E-state index in [1.165, 1.54) is 20.0 Å². The first-order valence-corrected chi connectivity index (χ1v) is 10.9. The lowest BCUT2D eigenvalue weighted by Crippen LogP contribution is -2.39. The average molecular weight is 453 g/mol. The van der Waals surface area contributed by atoms with E-state index in [0.717, 1.165) is 0 Å². The lowest BCUT2D eigenvalue weighted by atomic mass is 9.87. The van der Waals surface area contributed by atoms with Gasteiger partial charge >= 0.3 is 0 Å². The number of aliphatic hydroxyl groups is 1. The molecular formula is C25H29FN4O3. The van der Waals surface area contributed by atoms with Crippen LogP contribution in [0.1, 0.15) is 55.2 Å². The molecule has 1 heterocycles. The number of amides is 2. The summed E-state index contributed by atoms with van der Waals surface area (Å²) in [7, 11) is 0. The van der Waals surface area contributed by atoms with Gasteiger partial charge in [0.15, 0.2) is 0 Å². The third-order valence-corrected chi connectivity index (χ3v) is 5.53. The fourth-order valence-corrected chi connectivity index (χ4v) is 3.67. The van der Waals surface area contributed by atoms with Crippen LogP contribution in [0.25, 0.3) is 11.0 Å². The van der Waals surface area contributed by atoms with Gasteiger partial charge in [0.2, 0.25) is 5.91 Å². The smallest absolute Gasteiger partial charge is 0.272 e. The first kappa shape index (κ1) is 24.3. The normalized spacial score (nSPS) is 14.4. The summed E-state index contributed by atoms with van der Waals surface area (Å²) in [6, 6.07) is 15.3.